The van der Waals surface area contributed by atoms with E-state index in [0.29, 0.717) is 0 Å². The van der Waals surface area contributed by atoms with Crippen LogP contribution < -0.4 is 4.74 Å². The van der Waals surface area contributed by atoms with Gasteiger partial charge >= 0.3 is 0 Å². The van der Waals surface area contributed by atoms with Gasteiger partial charge in [0.25, 0.3) is 0 Å². The summed E-state index contributed by atoms with van der Waals surface area (Å²) in [5.74, 6) is 0.896. The van der Waals surface area contributed by atoms with Gasteiger partial charge in [0.15, 0.2) is 0 Å². The maximum absolute atomic E-state index is 5.30. The largest absolute Gasteiger partial charge is 0.497 e. The molecule has 1 N–H and O–H groups in total. The zero-order chi connectivity index (χ0) is 20.6. The van der Waals surface area contributed by atoms with E-state index in [2.05, 4.69) is 95.0 Å². The summed E-state index contributed by atoms with van der Waals surface area (Å²) < 4.78 is 5.30. The Morgan fingerprint density at radius 3 is 2.47 bits per heavy atom. The molecule has 0 fully saturated rings. The molecule has 0 unspecified atom stereocenters. The number of nitrogens with zero attached hydrogens (tertiary/aromatic N) is 1. The first-order valence-corrected chi connectivity index (χ1v) is 10.4. The average molecular weight is 397 g/mol. The van der Waals surface area contributed by atoms with E-state index >= 15 is 0 Å². The minimum absolute atomic E-state index is 0.896. The number of methoxy groups -OCH3 is 1. The molecule has 0 aliphatic rings. The van der Waals surface area contributed by atoms with Gasteiger partial charge in [0.05, 0.1) is 7.11 Å². The fourth-order valence-electron chi connectivity index (χ4n) is 3.74. The summed E-state index contributed by atoms with van der Waals surface area (Å²) in [6.07, 6.45) is 7.62. The van der Waals surface area contributed by atoms with Gasteiger partial charge < -0.3 is 9.72 Å². The van der Waals surface area contributed by atoms with Crippen LogP contribution in [0.4, 0.5) is 0 Å². The monoisotopic (exact) mass is 396 g/mol. The highest BCUT2D eigenvalue weighted by molar-refractivity contribution is 5.83. The van der Waals surface area contributed by atoms with Crippen LogP contribution in [0.1, 0.15) is 16.7 Å². The zero-order valence-electron chi connectivity index (χ0n) is 17.4. The summed E-state index contributed by atoms with van der Waals surface area (Å²) >= 11 is 0. The number of hydrogen-bond acceptors (Lipinski definition) is 2. The van der Waals surface area contributed by atoms with Gasteiger partial charge in [-0.25, -0.2) is 0 Å². The van der Waals surface area contributed by atoms with Crippen molar-refractivity contribution in [1.82, 2.24) is 9.88 Å². The predicted molar refractivity (Wildman–Crippen MR) is 126 cm³/mol. The average Bonchev–Trinajstić information content (AvgIpc) is 3.22. The molecule has 1 aromatic heterocycles. The minimum Gasteiger partial charge on any atom is -0.497 e. The molecule has 0 aliphatic heterocycles. The van der Waals surface area contributed by atoms with E-state index in [1.807, 2.05) is 12.1 Å². The number of nitrogens with one attached hydrogen (secondary N) is 1. The van der Waals surface area contributed by atoms with Gasteiger partial charge in [0, 0.05) is 36.7 Å². The maximum Gasteiger partial charge on any atom is 0.118 e. The van der Waals surface area contributed by atoms with Crippen molar-refractivity contribution in [2.24, 2.45) is 0 Å². The summed E-state index contributed by atoms with van der Waals surface area (Å²) in [6.45, 7) is 2.81. The van der Waals surface area contributed by atoms with Crippen LogP contribution in [0.5, 0.6) is 5.75 Å². The van der Waals surface area contributed by atoms with Gasteiger partial charge in [0.2, 0.25) is 0 Å². The molecule has 0 saturated carbocycles. The smallest absolute Gasteiger partial charge is 0.118 e. The molecule has 152 valence electrons. The molecule has 0 saturated heterocycles. The molecule has 4 aromatic rings. The van der Waals surface area contributed by atoms with E-state index in [1.54, 1.807) is 7.11 Å². The van der Waals surface area contributed by atoms with Crippen molar-refractivity contribution in [3.8, 4) is 5.75 Å². The number of aromatic nitrogens is 1. The lowest BCUT2D eigenvalue weighted by Crippen LogP contribution is -2.26. The first-order valence-electron chi connectivity index (χ1n) is 10.4. The molecule has 3 heteroatoms. The molecule has 0 aliphatic carbocycles. The number of aromatic amines is 1. The van der Waals surface area contributed by atoms with E-state index in [0.717, 1.165) is 31.8 Å². The van der Waals surface area contributed by atoms with Crippen LogP contribution in [0, 0.1) is 0 Å². The highest BCUT2D eigenvalue weighted by Gasteiger charge is 2.08. The number of benzene rings is 3. The maximum atomic E-state index is 5.30. The highest BCUT2D eigenvalue weighted by atomic mass is 16.5. The molecule has 3 aromatic carbocycles. The summed E-state index contributed by atoms with van der Waals surface area (Å²) in [5, 5.41) is 1.32. The number of H-pyrrole nitrogens is 1. The molecule has 1 heterocycles. The summed E-state index contributed by atoms with van der Waals surface area (Å²) in [6, 6.07) is 27.4. The number of ether oxygens (including phenoxy) is 1. The van der Waals surface area contributed by atoms with Crippen molar-refractivity contribution in [3.05, 3.63) is 108 Å². The van der Waals surface area contributed by atoms with Gasteiger partial charge in [-0.15, -0.1) is 0 Å². The summed E-state index contributed by atoms with van der Waals surface area (Å²) in [5.41, 5.74) is 5.11. The molecule has 30 heavy (non-hydrogen) atoms. The molecule has 0 bridgehead atoms. The summed E-state index contributed by atoms with van der Waals surface area (Å²) in [4.78, 5) is 5.88. The standard InChI is InChI=1S/C27H28N2O/c1-30-25-15-13-23(14-16-25)21-29(18-7-10-22-8-3-2-4-9-22)19-17-24-20-28-27-12-6-5-11-26(24)27/h2-16,20,28H,17-19,21H2,1H3. The number of hydrogen-bond donors (Lipinski definition) is 1. The second-order valence-electron chi connectivity index (χ2n) is 7.51. The van der Waals surface area contributed by atoms with Crippen molar-refractivity contribution >= 4 is 17.0 Å². The van der Waals surface area contributed by atoms with Gasteiger partial charge in [-0.1, -0.05) is 72.8 Å². The predicted octanol–water partition coefficient (Wildman–Crippen LogP) is 5.93. The second kappa shape index (κ2) is 9.95. The van der Waals surface area contributed by atoms with E-state index < -0.39 is 0 Å². The Morgan fingerprint density at radius 1 is 0.900 bits per heavy atom. The van der Waals surface area contributed by atoms with Crippen molar-refractivity contribution in [1.29, 1.82) is 0 Å². The summed E-state index contributed by atoms with van der Waals surface area (Å²) in [7, 11) is 1.71. The van der Waals surface area contributed by atoms with Crippen LogP contribution in [0.2, 0.25) is 0 Å². The zero-order valence-corrected chi connectivity index (χ0v) is 17.4. The SMILES string of the molecule is COc1ccc(CN(CC=Cc2ccccc2)CCc2c[nH]c3ccccc23)cc1. The normalized spacial score (nSPS) is 11.5. The Balaban J connectivity index is 1.46. The van der Waals surface area contributed by atoms with Crippen LogP contribution in [0.3, 0.4) is 0 Å². The fourth-order valence-corrected chi connectivity index (χ4v) is 3.74. The lowest BCUT2D eigenvalue weighted by atomic mass is 10.1. The lowest BCUT2D eigenvalue weighted by Gasteiger charge is -2.21. The minimum atomic E-state index is 0.896. The Morgan fingerprint density at radius 2 is 1.67 bits per heavy atom. The molecule has 0 atom stereocenters. The van der Waals surface area contributed by atoms with Crippen LogP contribution in [-0.2, 0) is 13.0 Å². The van der Waals surface area contributed by atoms with Crippen LogP contribution in [0.25, 0.3) is 17.0 Å². The third-order valence-corrected chi connectivity index (χ3v) is 5.41. The topological polar surface area (TPSA) is 28.3 Å². The number of para-hydroxylation sites is 1. The molecule has 0 spiro atoms. The molecular weight excluding hydrogens is 368 g/mol. The van der Waals surface area contributed by atoms with E-state index in [4.69, 9.17) is 4.74 Å². The highest BCUT2D eigenvalue weighted by Crippen LogP contribution is 2.19. The van der Waals surface area contributed by atoms with E-state index in [1.165, 1.54) is 27.6 Å². The Hall–Kier alpha value is -3.30. The van der Waals surface area contributed by atoms with Gasteiger partial charge in [-0.2, -0.15) is 0 Å². The Labute approximate surface area is 178 Å². The van der Waals surface area contributed by atoms with E-state index in [9.17, 15) is 0 Å². The molecule has 3 nitrogen and oxygen atoms in total. The second-order valence-corrected chi connectivity index (χ2v) is 7.51. The van der Waals surface area contributed by atoms with Gasteiger partial charge in [0.1, 0.15) is 5.75 Å². The molecular formula is C27H28N2O. The van der Waals surface area contributed by atoms with Crippen LogP contribution in [-0.4, -0.2) is 30.1 Å². The lowest BCUT2D eigenvalue weighted by molar-refractivity contribution is 0.299. The number of rotatable bonds is 9. The quantitative estimate of drug-likeness (QED) is 0.379. The molecule has 0 radical (unpaired) electrons. The van der Waals surface area contributed by atoms with Crippen molar-refractivity contribution in [2.45, 2.75) is 13.0 Å². The Kier molecular flexibility index (Phi) is 6.63. The first kappa shape index (κ1) is 20.0. The molecule has 0 amide bonds. The third kappa shape index (κ3) is 5.19. The first-order chi connectivity index (χ1) is 14.8. The Bertz CT molecular complexity index is 1080. The van der Waals surface area contributed by atoms with Crippen LogP contribution >= 0.6 is 0 Å². The van der Waals surface area contributed by atoms with Gasteiger partial charge in [-0.05, 0) is 41.3 Å². The van der Waals surface area contributed by atoms with Crippen LogP contribution in [0.15, 0.2) is 91.1 Å². The fraction of sp³-hybridized carbons (Fsp3) is 0.185. The van der Waals surface area contributed by atoms with Crippen molar-refractivity contribution < 1.29 is 4.74 Å². The van der Waals surface area contributed by atoms with E-state index in [-0.39, 0.29) is 0 Å². The third-order valence-electron chi connectivity index (χ3n) is 5.41. The van der Waals surface area contributed by atoms with Crippen molar-refractivity contribution in [3.63, 3.8) is 0 Å². The molecule has 4 rings (SSSR count). The number of fused-ring (bicyclic) bond motifs is 1. The van der Waals surface area contributed by atoms with Gasteiger partial charge in [-0.3, -0.25) is 4.90 Å². The van der Waals surface area contributed by atoms with Crippen molar-refractivity contribution in [2.75, 3.05) is 20.2 Å².